The number of hydrogen-bond donors (Lipinski definition) is 2. The molecule has 33 heavy (non-hydrogen) atoms. The van der Waals surface area contributed by atoms with Crippen molar-refractivity contribution in [2.45, 2.75) is 13.1 Å². The van der Waals surface area contributed by atoms with E-state index in [1.165, 1.54) is 23.4 Å². The highest BCUT2D eigenvalue weighted by Gasteiger charge is 2.18. The van der Waals surface area contributed by atoms with Crippen molar-refractivity contribution in [3.8, 4) is 0 Å². The summed E-state index contributed by atoms with van der Waals surface area (Å²) in [5.74, 6) is -0.509. The normalized spacial score (nSPS) is 14.5. The van der Waals surface area contributed by atoms with E-state index in [2.05, 4.69) is 56.5 Å². The fourth-order valence-electron chi connectivity index (χ4n) is 4.42. The second-order valence-electron chi connectivity index (χ2n) is 8.46. The topological polar surface area (TPSA) is 51.4 Å². The molecular formula is C27H27FN4O. The van der Waals surface area contributed by atoms with Crippen molar-refractivity contribution in [2.75, 3.05) is 31.1 Å². The van der Waals surface area contributed by atoms with E-state index in [0.717, 1.165) is 43.8 Å². The third-order valence-corrected chi connectivity index (χ3v) is 6.27. The second kappa shape index (κ2) is 9.46. The predicted octanol–water partition coefficient (Wildman–Crippen LogP) is 4.56. The van der Waals surface area contributed by atoms with E-state index >= 15 is 0 Å². The molecule has 0 atom stereocenters. The average molecular weight is 443 g/mol. The van der Waals surface area contributed by atoms with Gasteiger partial charge >= 0.3 is 0 Å². The number of hydrogen-bond acceptors (Lipinski definition) is 3. The number of amides is 1. The number of nitrogens with one attached hydrogen (secondary N) is 2. The van der Waals surface area contributed by atoms with Gasteiger partial charge in [0.1, 0.15) is 11.5 Å². The van der Waals surface area contributed by atoms with Crippen LogP contribution in [0.5, 0.6) is 0 Å². The lowest BCUT2D eigenvalue weighted by atomic mass is 10.1. The Kier molecular flexibility index (Phi) is 6.09. The molecule has 1 saturated heterocycles. The Bertz CT molecular complexity index is 1250. The molecule has 0 saturated carbocycles. The van der Waals surface area contributed by atoms with Crippen LogP contribution in [0.15, 0.2) is 78.9 Å². The lowest BCUT2D eigenvalue weighted by Crippen LogP contribution is -2.46. The summed E-state index contributed by atoms with van der Waals surface area (Å²) in [5, 5.41) is 3.70. The van der Waals surface area contributed by atoms with Crippen LogP contribution in [0.1, 0.15) is 21.6 Å². The Balaban J connectivity index is 1.20. The Hall–Kier alpha value is -3.64. The van der Waals surface area contributed by atoms with Gasteiger partial charge in [-0.15, -0.1) is 0 Å². The summed E-state index contributed by atoms with van der Waals surface area (Å²) in [6.07, 6.45) is 0. The van der Waals surface area contributed by atoms with Gasteiger partial charge in [-0.05, 0) is 47.5 Å². The van der Waals surface area contributed by atoms with Crippen molar-refractivity contribution < 1.29 is 9.18 Å². The van der Waals surface area contributed by atoms with Crippen molar-refractivity contribution >= 4 is 22.5 Å². The van der Waals surface area contributed by atoms with Crippen molar-refractivity contribution in [3.05, 3.63) is 102 Å². The highest BCUT2D eigenvalue weighted by molar-refractivity contribution is 5.98. The van der Waals surface area contributed by atoms with Gasteiger partial charge in [0.2, 0.25) is 0 Å². The number of aromatic amines is 1. The molecule has 6 heteroatoms. The number of H-pyrrole nitrogens is 1. The fraction of sp³-hybridized carbons (Fsp3) is 0.222. The number of para-hydroxylation sites is 1. The summed E-state index contributed by atoms with van der Waals surface area (Å²) in [5.41, 5.74) is 4.80. The highest BCUT2D eigenvalue weighted by Crippen LogP contribution is 2.19. The Morgan fingerprint density at radius 3 is 2.39 bits per heavy atom. The molecule has 0 spiro atoms. The van der Waals surface area contributed by atoms with Gasteiger partial charge in [-0.3, -0.25) is 9.69 Å². The first-order chi connectivity index (χ1) is 16.2. The zero-order valence-electron chi connectivity index (χ0n) is 18.4. The van der Waals surface area contributed by atoms with E-state index in [9.17, 15) is 9.18 Å². The maximum atomic E-state index is 13.4. The molecule has 5 rings (SSSR count). The van der Waals surface area contributed by atoms with Crippen molar-refractivity contribution in [3.63, 3.8) is 0 Å². The largest absolute Gasteiger partial charge is 0.369 e. The molecule has 168 valence electrons. The molecule has 3 aromatic carbocycles. The summed E-state index contributed by atoms with van der Waals surface area (Å²) in [4.78, 5) is 20.6. The molecule has 0 bridgehead atoms. The number of piperazine rings is 1. The number of nitrogens with zero attached hydrogens (tertiary/aromatic N) is 2. The van der Waals surface area contributed by atoms with Crippen molar-refractivity contribution in [1.29, 1.82) is 0 Å². The molecule has 4 aromatic rings. The van der Waals surface area contributed by atoms with Crippen LogP contribution in [0, 0.1) is 5.82 Å². The van der Waals surface area contributed by atoms with E-state index in [1.54, 1.807) is 12.1 Å². The molecule has 1 aliphatic rings. The lowest BCUT2D eigenvalue weighted by Gasteiger charge is -2.36. The Labute approximate surface area is 192 Å². The molecule has 1 fully saturated rings. The van der Waals surface area contributed by atoms with Crippen LogP contribution in [-0.4, -0.2) is 42.0 Å². The SMILES string of the molecule is O=C(NCc1ccccc1CN1CCN(c2ccccc2)CC1)c1cc2cc(F)ccc2[nH]1. The van der Waals surface area contributed by atoms with Gasteiger partial charge in [0.15, 0.2) is 0 Å². The van der Waals surface area contributed by atoms with Crippen molar-refractivity contribution in [1.82, 2.24) is 15.2 Å². The van der Waals surface area contributed by atoms with Gasteiger partial charge in [-0.25, -0.2) is 4.39 Å². The van der Waals surface area contributed by atoms with Crippen LogP contribution in [0.3, 0.4) is 0 Å². The maximum Gasteiger partial charge on any atom is 0.267 e. The zero-order valence-corrected chi connectivity index (χ0v) is 18.4. The van der Waals surface area contributed by atoms with Crippen LogP contribution in [0.25, 0.3) is 10.9 Å². The number of rotatable bonds is 6. The number of carbonyl (C=O) groups is 1. The third kappa shape index (κ3) is 4.91. The van der Waals surface area contributed by atoms with Crippen LogP contribution >= 0.6 is 0 Å². The van der Waals surface area contributed by atoms with Gasteiger partial charge in [-0.2, -0.15) is 0 Å². The van der Waals surface area contributed by atoms with E-state index in [1.807, 2.05) is 18.2 Å². The van der Waals surface area contributed by atoms with E-state index in [0.29, 0.717) is 17.6 Å². The van der Waals surface area contributed by atoms with Gasteiger partial charge < -0.3 is 15.2 Å². The summed E-state index contributed by atoms with van der Waals surface area (Å²) in [6.45, 7) is 5.32. The van der Waals surface area contributed by atoms with Gasteiger partial charge in [0.25, 0.3) is 5.91 Å². The lowest BCUT2D eigenvalue weighted by molar-refractivity contribution is 0.0946. The zero-order chi connectivity index (χ0) is 22.6. The molecule has 1 amide bonds. The smallest absolute Gasteiger partial charge is 0.267 e. The highest BCUT2D eigenvalue weighted by atomic mass is 19.1. The Morgan fingerprint density at radius 1 is 0.879 bits per heavy atom. The van der Waals surface area contributed by atoms with E-state index in [-0.39, 0.29) is 11.7 Å². The van der Waals surface area contributed by atoms with Gasteiger partial charge in [0.05, 0.1) is 0 Å². The predicted molar refractivity (Wildman–Crippen MR) is 130 cm³/mol. The number of aromatic nitrogens is 1. The molecule has 5 nitrogen and oxygen atoms in total. The minimum absolute atomic E-state index is 0.196. The molecule has 0 unspecified atom stereocenters. The van der Waals surface area contributed by atoms with Gasteiger partial charge in [-0.1, -0.05) is 42.5 Å². The summed E-state index contributed by atoms with van der Waals surface area (Å²) < 4.78 is 13.4. The maximum absolute atomic E-state index is 13.4. The van der Waals surface area contributed by atoms with Crippen LogP contribution in [-0.2, 0) is 13.1 Å². The first kappa shape index (κ1) is 21.2. The minimum atomic E-state index is -0.313. The first-order valence-electron chi connectivity index (χ1n) is 11.3. The third-order valence-electron chi connectivity index (χ3n) is 6.27. The fourth-order valence-corrected chi connectivity index (χ4v) is 4.42. The number of carbonyl (C=O) groups excluding carboxylic acids is 1. The minimum Gasteiger partial charge on any atom is -0.369 e. The molecule has 0 aliphatic carbocycles. The molecule has 0 radical (unpaired) electrons. The number of fused-ring (bicyclic) bond motifs is 1. The van der Waals surface area contributed by atoms with Gasteiger partial charge in [0, 0.05) is 55.9 Å². The second-order valence-corrected chi connectivity index (χ2v) is 8.46. The number of halogens is 1. The van der Waals surface area contributed by atoms with Crippen molar-refractivity contribution in [2.24, 2.45) is 0 Å². The van der Waals surface area contributed by atoms with Crippen LogP contribution < -0.4 is 10.2 Å². The standard InChI is InChI=1S/C27H27FN4O/c28-23-10-11-25-22(16-23)17-26(30-25)27(33)29-18-20-6-4-5-7-21(20)19-31-12-14-32(15-13-31)24-8-2-1-3-9-24/h1-11,16-17,30H,12-15,18-19H2,(H,29,33). The van der Waals surface area contributed by atoms with E-state index in [4.69, 9.17) is 0 Å². The summed E-state index contributed by atoms with van der Waals surface area (Å²) in [6, 6.07) is 24.9. The molecule has 2 heterocycles. The summed E-state index contributed by atoms with van der Waals surface area (Å²) >= 11 is 0. The van der Waals surface area contributed by atoms with Crippen LogP contribution in [0.2, 0.25) is 0 Å². The molecule has 1 aromatic heterocycles. The quantitative estimate of drug-likeness (QED) is 0.460. The van der Waals surface area contributed by atoms with Crippen LogP contribution in [0.4, 0.5) is 10.1 Å². The Morgan fingerprint density at radius 2 is 1.61 bits per heavy atom. The monoisotopic (exact) mass is 442 g/mol. The van der Waals surface area contributed by atoms with E-state index < -0.39 is 0 Å². The average Bonchev–Trinajstić information content (AvgIpc) is 3.28. The summed E-state index contributed by atoms with van der Waals surface area (Å²) in [7, 11) is 0. The molecular weight excluding hydrogens is 415 g/mol. The number of anilines is 1. The molecule has 2 N–H and O–H groups in total. The number of benzene rings is 3. The molecule has 1 aliphatic heterocycles. The first-order valence-corrected chi connectivity index (χ1v) is 11.3.